The lowest BCUT2D eigenvalue weighted by Crippen LogP contribution is -2.42. The molecule has 1 aliphatic heterocycles. The number of hydrogen-bond acceptors (Lipinski definition) is 5. The van der Waals surface area contributed by atoms with E-state index in [1.54, 1.807) is 35.9 Å². The molecule has 6 nitrogen and oxygen atoms in total. The maximum absolute atomic E-state index is 12.4. The fourth-order valence-corrected chi connectivity index (χ4v) is 5.24. The molecule has 1 amide bonds. The van der Waals surface area contributed by atoms with Crippen LogP contribution in [0.25, 0.3) is 0 Å². The lowest BCUT2D eigenvalue weighted by Gasteiger charge is -2.30. The van der Waals surface area contributed by atoms with E-state index in [2.05, 4.69) is 5.32 Å². The Hall–Kier alpha value is -1.64. The van der Waals surface area contributed by atoms with E-state index in [1.165, 1.54) is 15.6 Å². The van der Waals surface area contributed by atoms with Crippen LogP contribution in [0.5, 0.6) is 0 Å². The van der Waals surface area contributed by atoms with Gasteiger partial charge in [-0.1, -0.05) is 6.07 Å². The number of thiophene rings is 1. The molecule has 0 saturated carbocycles. The molecule has 0 aromatic carbocycles. The summed E-state index contributed by atoms with van der Waals surface area (Å²) in [6.07, 6.45) is 2.64. The quantitative estimate of drug-likeness (QED) is 0.891. The summed E-state index contributed by atoms with van der Waals surface area (Å²) in [5, 5.41) is 4.59. The van der Waals surface area contributed by atoms with Crippen LogP contribution in [0.15, 0.2) is 44.5 Å². The van der Waals surface area contributed by atoms with Gasteiger partial charge in [0.2, 0.25) is 5.91 Å². The molecule has 3 heterocycles. The third-order valence-corrected chi connectivity index (χ3v) is 7.20. The van der Waals surface area contributed by atoms with Gasteiger partial charge in [0.05, 0.1) is 12.8 Å². The lowest BCUT2D eigenvalue weighted by atomic mass is 9.97. The summed E-state index contributed by atoms with van der Waals surface area (Å²) in [5.41, 5.74) is 0. The van der Waals surface area contributed by atoms with Crippen molar-refractivity contribution in [3.05, 3.63) is 41.7 Å². The van der Waals surface area contributed by atoms with Gasteiger partial charge in [0.1, 0.15) is 9.97 Å². The molecule has 1 aliphatic rings. The lowest BCUT2D eigenvalue weighted by molar-refractivity contribution is -0.126. The number of hydrogen-bond donors (Lipinski definition) is 1. The molecule has 23 heavy (non-hydrogen) atoms. The van der Waals surface area contributed by atoms with Gasteiger partial charge in [-0.3, -0.25) is 4.79 Å². The van der Waals surface area contributed by atoms with Crippen molar-refractivity contribution in [3.8, 4) is 0 Å². The van der Waals surface area contributed by atoms with Crippen LogP contribution in [0, 0.1) is 5.92 Å². The van der Waals surface area contributed by atoms with Crippen LogP contribution < -0.4 is 5.32 Å². The average Bonchev–Trinajstić information content (AvgIpc) is 3.26. The number of piperidine rings is 1. The number of nitrogens with zero attached hydrogens (tertiary/aromatic N) is 1. The molecule has 2 aromatic rings. The fraction of sp³-hybridized carbons (Fsp3) is 0.400. The summed E-state index contributed by atoms with van der Waals surface area (Å²) < 4.78 is 31.9. The van der Waals surface area contributed by atoms with Crippen molar-refractivity contribution < 1.29 is 17.6 Å². The Morgan fingerprint density at radius 1 is 1.30 bits per heavy atom. The Morgan fingerprint density at radius 2 is 2.09 bits per heavy atom. The first kappa shape index (κ1) is 16.2. The van der Waals surface area contributed by atoms with Gasteiger partial charge in [0.25, 0.3) is 10.0 Å². The van der Waals surface area contributed by atoms with E-state index >= 15 is 0 Å². The van der Waals surface area contributed by atoms with Gasteiger partial charge in [-0.25, -0.2) is 8.42 Å². The van der Waals surface area contributed by atoms with Crippen LogP contribution in [0.2, 0.25) is 0 Å². The second kappa shape index (κ2) is 6.86. The third-order valence-electron chi connectivity index (χ3n) is 3.93. The van der Waals surface area contributed by atoms with Gasteiger partial charge in [-0.2, -0.15) is 4.31 Å². The minimum Gasteiger partial charge on any atom is -0.467 e. The molecule has 124 valence electrons. The molecule has 0 aliphatic carbocycles. The molecular formula is C15H18N2O4S2. The zero-order chi connectivity index (χ0) is 16.3. The maximum Gasteiger partial charge on any atom is 0.252 e. The highest BCUT2D eigenvalue weighted by Crippen LogP contribution is 2.26. The molecule has 0 unspecified atom stereocenters. The Kier molecular flexibility index (Phi) is 4.84. The van der Waals surface area contributed by atoms with E-state index in [4.69, 9.17) is 4.42 Å². The standard InChI is InChI=1S/C15H18N2O4S2/c18-15(16-11-13-3-1-9-21-13)12-5-7-17(8-6-12)23(19,20)14-4-2-10-22-14/h1-4,9-10,12H,5-8,11H2,(H,16,18). The summed E-state index contributed by atoms with van der Waals surface area (Å²) >= 11 is 1.22. The largest absolute Gasteiger partial charge is 0.467 e. The van der Waals surface area contributed by atoms with Crippen molar-refractivity contribution in [2.45, 2.75) is 23.6 Å². The minimum atomic E-state index is -3.41. The SMILES string of the molecule is O=C(NCc1ccco1)C1CCN(S(=O)(=O)c2cccs2)CC1. The smallest absolute Gasteiger partial charge is 0.252 e. The van der Waals surface area contributed by atoms with Crippen LogP contribution in [0.1, 0.15) is 18.6 Å². The average molecular weight is 354 g/mol. The van der Waals surface area contributed by atoms with Crippen LogP contribution in [-0.4, -0.2) is 31.7 Å². The topological polar surface area (TPSA) is 79.6 Å². The van der Waals surface area contributed by atoms with Crippen molar-refractivity contribution >= 4 is 27.3 Å². The molecule has 8 heteroatoms. The van der Waals surface area contributed by atoms with Crippen molar-refractivity contribution in [2.24, 2.45) is 5.92 Å². The van der Waals surface area contributed by atoms with Gasteiger partial charge >= 0.3 is 0 Å². The van der Waals surface area contributed by atoms with Crippen LogP contribution in [0.3, 0.4) is 0 Å². The summed E-state index contributed by atoms with van der Waals surface area (Å²) in [6.45, 7) is 1.11. The molecule has 0 spiro atoms. The second-order valence-corrected chi connectivity index (χ2v) is 8.52. The predicted molar refractivity (Wildman–Crippen MR) is 86.4 cm³/mol. The van der Waals surface area contributed by atoms with E-state index in [0.717, 1.165) is 0 Å². The molecule has 0 bridgehead atoms. The molecule has 0 radical (unpaired) electrons. The molecule has 1 fully saturated rings. The molecule has 1 N–H and O–H groups in total. The molecule has 1 saturated heterocycles. The van der Waals surface area contributed by atoms with E-state index < -0.39 is 10.0 Å². The number of amides is 1. The number of carbonyl (C=O) groups excluding carboxylic acids is 1. The van der Waals surface area contributed by atoms with E-state index in [9.17, 15) is 13.2 Å². The zero-order valence-electron chi connectivity index (χ0n) is 12.5. The Labute approximate surface area is 139 Å². The first-order chi connectivity index (χ1) is 11.1. The Bertz CT molecular complexity index is 731. The zero-order valence-corrected chi connectivity index (χ0v) is 14.1. The van der Waals surface area contributed by atoms with E-state index in [-0.39, 0.29) is 11.8 Å². The third kappa shape index (κ3) is 3.65. The summed E-state index contributed by atoms with van der Waals surface area (Å²) in [6, 6.07) is 6.92. The van der Waals surface area contributed by atoms with Gasteiger partial charge in [-0.05, 0) is 36.4 Å². The number of furan rings is 1. The first-order valence-electron chi connectivity index (χ1n) is 7.41. The second-order valence-electron chi connectivity index (χ2n) is 5.41. The van der Waals surface area contributed by atoms with Crippen molar-refractivity contribution in [1.82, 2.24) is 9.62 Å². The molecule has 0 atom stereocenters. The Balaban J connectivity index is 1.53. The minimum absolute atomic E-state index is 0.0467. The van der Waals surface area contributed by atoms with E-state index in [0.29, 0.717) is 42.4 Å². The number of nitrogens with one attached hydrogen (secondary N) is 1. The summed E-state index contributed by atoms with van der Waals surface area (Å²) in [5.74, 6) is 0.505. The normalized spacial score (nSPS) is 17.2. The summed E-state index contributed by atoms with van der Waals surface area (Å²) in [4.78, 5) is 12.2. The first-order valence-corrected chi connectivity index (χ1v) is 9.73. The molecule has 3 rings (SSSR count). The van der Waals surface area contributed by atoms with Crippen molar-refractivity contribution in [3.63, 3.8) is 0 Å². The predicted octanol–water partition coefficient (Wildman–Crippen LogP) is 2.06. The van der Waals surface area contributed by atoms with Crippen molar-refractivity contribution in [2.75, 3.05) is 13.1 Å². The highest BCUT2D eigenvalue weighted by Gasteiger charge is 2.32. The molecule has 2 aromatic heterocycles. The van der Waals surface area contributed by atoms with Crippen LogP contribution in [-0.2, 0) is 21.4 Å². The van der Waals surface area contributed by atoms with Gasteiger partial charge in [-0.15, -0.1) is 11.3 Å². The Morgan fingerprint density at radius 3 is 2.70 bits per heavy atom. The highest BCUT2D eigenvalue weighted by atomic mass is 32.2. The maximum atomic E-state index is 12.4. The monoisotopic (exact) mass is 354 g/mol. The fourth-order valence-electron chi connectivity index (χ4n) is 2.63. The van der Waals surface area contributed by atoms with Crippen molar-refractivity contribution in [1.29, 1.82) is 0 Å². The summed E-state index contributed by atoms with van der Waals surface area (Å²) in [7, 11) is -3.41. The van der Waals surface area contributed by atoms with E-state index in [1.807, 2.05) is 0 Å². The van der Waals surface area contributed by atoms with Crippen LogP contribution >= 0.6 is 11.3 Å². The number of carbonyl (C=O) groups is 1. The van der Waals surface area contributed by atoms with Gasteiger partial charge < -0.3 is 9.73 Å². The van der Waals surface area contributed by atoms with Crippen LogP contribution in [0.4, 0.5) is 0 Å². The van der Waals surface area contributed by atoms with Gasteiger partial charge in [0.15, 0.2) is 0 Å². The highest BCUT2D eigenvalue weighted by molar-refractivity contribution is 7.91. The van der Waals surface area contributed by atoms with Gasteiger partial charge in [0, 0.05) is 19.0 Å². The number of rotatable bonds is 5. The number of sulfonamides is 1. The molecular weight excluding hydrogens is 336 g/mol.